The maximum absolute atomic E-state index is 13.0. The molecule has 35 heavy (non-hydrogen) atoms. The lowest BCUT2D eigenvalue weighted by Crippen LogP contribution is -2.48. The molecule has 3 atom stereocenters. The van der Waals surface area contributed by atoms with E-state index >= 15 is 0 Å². The van der Waals surface area contributed by atoms with Crippen molar-refractivity contribution in [2.24, 2.45) is 5.73 Å². The number of aromatic nitrogens is 3. The standard InChI is InChI=1S/C24H26F2N6O3/c1-24(12-33)8-13-5-16(21-20(22(27)34)23-28-3-2-4-32(23)29-21)17(7-18(13)35-24)31-10-14-6-15(31)9-30(14)11-19(25)26/h2-5,7,14-15,19,33H,6,8-12H2,1H3,(H2,27,34)/t14-,15-,24+/m1/s1. The number of nitrogens with two attached hydrogens (primary N) is 1. The summed E-state index contributed by atoms with van der Waals surface area (Å²) in [6.45, 7) is 2.59. The van der Waals surface area contributed by atoms with Gasteiger partial charge in [-0.2, -0.15) is 5.10 Å². The second-order valence-electron chi connectivity index (χ2n) is 9.88. The van der Waals surface area contributed by atoms with Crippen molar-refractivity contribution in [3.05, 3.63) is 41.7 Å². The van der Waals surface area contributed by atoms with Crippen LogP contribution in [0.1, 0.15) is 29.3 Å². The number of amides is 1. The molecule has 11 heteroatoms. The van der Waals surface area contributed by atoms with Gasteiger partial charge in [0.15, 0.2) is 5.65 Å². The first-order chi connectivity index (χ1) is 16.8. The number of ether oxygens (including phenoxy) is 1. The third-order valence-corrected chi connectivity index (χ3v) is 7.37. The van der Waals surface area contributed by atoms with Crippen molar-refractivity contribution in [3.8, 4) is 17.0 Å². The van der Waals surface area contributed by atoms with Gasteiger partial charge < -0.3 is 20.5 Å². The number of aliphatic hydroxyl groups is 1. The second-order valence-corrected chi connectivity index (χ2v) is 9.88. The fraction of sp³-hybridized carbons (Fsp3) is 0.458. The molecule has 1 amide bonds. The van der Waals surface area contributed by atoms with E-state index in [0.717, 1.165) is 17.7 Å². The van der Waals surface area contributed by atoms with Crippen molar-refractivity contribution in [2.45, 2.75) is 43.9 Å². The minimum absolute atomic E-state index is 0.0251. The predicted octanol–water partition coefficient (Wildman–Crippen LogP) is 1.71. The molecule has 3 aromatic rings. The highest BCUT2D eigenvalue weighted by molar-refractivity contribution is 6.06. The number of halogens is 2. The van der Waals surface area contributed by atoms with E-state index in [2.05, 4.69) is 15.0 Å². The number of aliphatic hydroxyl groups excluding tert-OH is 1. The van der Waals surface area contributed by atoms with Crippen LogP contribution >= 0.6 is 0 Å². The molecular formula is C24H26F2N6O3. The molecule has 9 nitrogen and oxygen atoms in total. The monoisotopic (exact) mass is 484 g/mol. The Morgan fingerprint density at radius 1 is 1.34 bits per heavy atom. The lowest BCUT2D eigenvalue weighted by Gasteiger charge is -2.36. The molecule has 0 saturated carbocycles. The van der Waals surface area contributed by atoms with Gasteiger partial charge >= 0.3 is 0 Å². The molecule has 6 rings (SSSR count). The fourth-order valence-electron chi connectivity index (χ4n) is 5.81. The van der Waals surface area contributed by atoms with Crippen LogP contribution in [0, 0.1) is 0 Å². The number of likely N-dealkylation sites (tertiary alicyclic amines) is 1. The van der Waals surface area contributed by atoms with Crippen molar-refractivity contribution in [1.82, 2.24) is 19.5 Å². The first-order valence-electron chi connectivity index (χ1n) is 11.7. The van der Waals surface area contributed by atoms with Crippen LogP contribution in [0.25, 0.3) is 16.9 Å². The van der Waals surface area contributed by atoms with E-state index < -0.39 is 17.9 Å². The van der Waals surface area contributed by atoms with Crippen LogP contribution < -0.4 is 15.4 Å². The molecule has 2 aromatic heterocycles. The Bertz CT molecular complexity index is 1330. The Hall–Kier alpha value is -3.31. The summed E-state index contributed by atoms with van der Waals surface area (Å²) < 4.78 is 33.7. The molecule has 1 aromatic carbocycles. The van der Waals surface area contributed by atoms with Crippen LogP contribution in [0.5, 0.6) is 5.75 Å². The first-order valence-corrected chi connectivity index (χ1v) is 11.7. The zero-order valence-corrected chi connectivity index (χ0v) is 19.2. The average molecular weight is 485 g/mol. The van der Waals surface area contributed by atoms with Gasteiger partial charge in [-0.25, -0.2) is 18.3 Å². The summed E-state index contributed by atoms with van der Waals surface area (Å²) in [5.74, 6) is 0.0256. The molecule has 3 aliphatic heterocycles. The lowest BCUT2D eigenvalue weighted by molar-refractivity contribution is 0.0447. The average Bonchev–Trinajstić information content (AvgIpc) is 3.57. The van der Waals surface area contributed by atoms with E-state index in [1.165, 1.54) is 4.52 Å². The quantitative estimate of drug-likeness (QED) is 0.548. The van der Waals surface area contributed by atoms with E-state index in [1.54, 1.807) is 18.5 Å². The number of rotatable bonds is 6. The minimum atomic E-state index is -2.37. The van der Waals surface area contributed by atoms with Crippen LogP contribution in [0.3, 0.4) is 0 Å². The van der Waals surface area contributed by atoms with Gasteiger partial charge in [-0.15, -0.1) is 0 Å². The maximum Gasteiger partial charge on any atom is 0.254 e. The van der Waals surface area contributed by atoms with Crippen LogP contribution in [-0.2, 0) is 6.42 Å². The summed E-state index contributed by atoms with van der Waals surface area (Å²) in [6, 6.07) is 5.66. The zero-order valence-electron chi connectivity index (χ0n) is 19.2. The van der Waals surface area contributed by atoms with Crippen LogP contribution in [0.4, 0.5) is 14.5 Å². The minimum Gasteiger partial charge on any atom is -0.484 e. The van der Waals surface area contributed by atoms with E-state index in [4.69, 9.17) is 10.5 Å². The van der Waals surface area contributed by atoms with Gasteiger partial charge in [0, 0.05) is 55.6 Å². The third-order valence-electron chi connectivity index (χ3n) is 7.37. The van der Waals surface area contributed by atoms with Crippen molar-refractivity contribution in [2.75, 3.05) is 31.1 Å². The number of hydrogen-bond donors (Lipinski definition) is 2. The Labute approximate surface area is 200 Å². The summed E-state index contributed by atoms with van der Waals surface area (Å²) in [5, 5.41) is 14.5. The molecule has 2 saturated heterocycles. The van der Waals surface area contributed by atoms with Gasteiger partial charge in [-0.05, 0) is 31.0 Å². The number of benzene rings is 1. The van der Waals surface area contributed by atoms with E-state index in [0.29, 0.717) is 42.2 Å². The Balaban J connectivity index is 1.49. The Morgan fingerprint density at radius 3 is 2.86 bits per heavy atom. The number of primary amides is 1. The Kier molecular flexibility index (Phi) is 4.98. The number of carbonyl (C=O) groups excluding carboxylic acids is 1. The van der Waals surface area contributed by atoms with Gasteiger partial charge in [-0.1, -0.05) is 0 Å². The van der Waals surface area contributed by atoms with E-state index in [1.807, 2.05) is 24.0 Å². The summed E-state index contributed by atoms with van der Waals surface area (Å²) >= 11 is 0. The maximum atomic E-state index is 13.0. The molecular weight excluding hydrogens is 458 g/mol. The number of piperazine rings is 1. The SMILES string of the molecule is C[C@@]1(CO)Cc2cc(-c3nn4cccnc4c3C(N)=O)c(N3C[C@H]4C[C@@H]3CN4CC(F)F)cc2O1. The van der Waals surface area contributed by atoms with Crippen LogP contribution in [-0.4, -0.2) is 80.9 Å². The first kappa shape index (κ1) is 22.2. The molecule has 2 bridgehead atoms. The third kappa shape index (κ3) is 3.52. The second kappa shape index (κ2) is 7.85. The van der Waals surface area contributed by atoms with Crippen molar-refractivity contribution in [1.29, 1.82) is 0 Å². The molecule has 2 fully saturated rings. The largest absolute Gasteiger partial charge is 0.484 e. The number of fused-ring (bicyclic) bond motifs is 4. The molecule has 5 heterocycles. The number of anilines is 1. The molecule has 0 aliphatic carbocycles. The fourth-order valence-corrected chi connectivity index (χ4v) is 5.81. The van der Waals surface area contributed by atoms with E-state index in [-0.39, 0.29) is 30.8 Å². The normalized spacial score (nSPS) is 25.6. The smallest absolute Gasteiger partial charge is 0.254 e. The predicted molar refractivity (Wildman–Crippen MR) is 124 cm³/mol. The summed E-state index contributed by atoms with van der Waals surface area (Å²) in [6.07, 6.45) is 2.20. The topological polar surface area (TPSA) is 109 Å². The van der Waals surface area contributed by atoms with Crippen molar-refractivity contribution >= 4 is 17.2 Å². The Morgan fingerprint density at radius 2 is 2.17 bits per heavy atom. The van der Waals surface area contributed by atoms with Crippen LogP contribution in [0.2, 0.25) is 0 Å². The molecule has 3 N–H and O–H groups in total. The van der Waals surface area contributed by atoms with Gasteiger partial charge in [-0.3, -0.25) is 9.69 Å². The van der Waals surface area contributed by atoms with Crippen molar-refractivity contribution in [3.63, 3.8) is 0 Å². The molecule has 0 unspecified atom stereocenters. The zero-order chi connectivity index (χ0) is 24.5. The summed E-state index contributed by atoms with van der Waals surface area (Å²) in [5.41, 5.74) is 8.45. The van der Waals surface area contributed by atoms with Gasteiger partial charge in [0.05, 0.1) is 18.8 Å². The van der Waals surface area contributed by atoms with Crippen molar-refractivity contribution < 1.29 is 23.4 Å². The number of hydrogen-bond acceptors (Lipinski definition) is 7. The van der Waals surface area contributed by atoms with Gasteiger partial charge in [0.2, 0.25) is 0 Å². The highest BCUT2D eigenvalue weighted by Crippen LogP contribution is 2.46. The van der Waals surface area contributed by atoms with Gasteiger partial charge in [0.1, 0.15) is 22.6 Å². The molecule has 0 spiro atoms. The number of alkyl halides is 2. The highest BCUT2D eigenvalue weighted by atomic mass is 19.3. The van der Waals surface area contributed by atoms with E-state index in [9.17, 15) is 18.7 Å². The summed E-state index contributed by atoms with van der Waals surface area (Å²) in [7, 11) is 0. The highest BCUT2D eigenvalue weighted by Gasteiger charge is 2.45. The molecule has 0 radical (unpaired) electrons. The van der Waals surface area contributed by atoms with Crippen LogP contribution in [0.15, 0.2) is 30.6 Å². The molecule has 3 aliphatic rings. The van der Waals surface area contributed by atoms with Gasteiger partial charge in [0.25, 0.3) is 12.3 Å². The lowest BCUT2D eigenvalue weighted by atomic mass is 9.95. The number of nitrogens with zero attached hydrogens (tertiary/aromatic N) is 5. The molecule has 184 valence electrons. The number of carbonyl (C=O) groups is 1. The summed E-state index contributed by atoms with van der Waals surface area (Å²) in [4.78, 5) is 20.9.